The van der Waals surface area contributed by atoms with Crippen molar-refractivity contribution in [2.75, 3.05) is 66.8 Å². The fraction of sp³-hybridized carbons (Fsp3) is 0.650. The Kier molecular flexibility index (Phi) is 19.2. The number of hydrogen-bond donors (Lipinski definition) is 9. The molecule has 1 aromatic carbocycles. The van der Waals surface area contributed by atoms with E-state index in [2.05, 4.69) is 78.0 Å². The topological polar surface area (TPSA) is 193 Å². The Bertz CT molecular complexity index is 2220. The predicted molar refractivity (Wildman–Crippen MR) is 285 cm³/mol. The number of rotatable bonds is 22. The summed E-state index contributed by atoms with van der Waals surface area (Å²) in [7, 11) is 3.65. The number of carbonyl (C=O) groups excluding carboxylic acids is 1. The maximum atomic E-state index is 13.7. The third kappa shape index (κ3) is 11.6. The van der Waals surface area contributed by atoms with Crippen LogP contribution in [0.25, 0.3) is 0 Å². The molecule has 398 valence electrons. The van der Waals surface area contributed by atoms with E-state index in [1.165, 1.54) is 16.7 Å². The van der Waals surface area contributed by atoms with Crippen molar-refractivity contribution in [2.45, 2.75) is 139 Å². The molecule has 12 nitrogen and oxygen atoms in total. The molecule has 0 amide bonds. The summed E-state index contributed by atoms with van der Waals surface area (Å²) in [5, 5.41) is 78.8. The van der Waals surface area contributed by atoms with Gasteiger partial charge in [-0.3, -0.25) is 4.79 Å². The van der Waals surface area contributed by atoms with Crippen molar-refractivity contribution in [2.24, 2.45) is 40.4 Å². The Balaban J connectivity index is 1.21. The number of carbonyl (C=O) groups is 1. The van der Waals surface area contributed by atoms with E-state index in [9.17, 15) is 35.4 Å². The molecule has 0 unspecified atom stereocenters. The van der Waals surface area contributed by atoms with Crippen LogP contribution < -0.4 is 16.0 Å². The fourth-order valence-corrected chi connectivity index (χ4v) is 14.6. The molecular formula is C60H89N3O9. The van der Waals surface area contributed by atoms with Crippen molar-refractivity contribution < 1.29 is 44.9 Å². The van der Waals surface area contributed by atoms with Crippen LogP contribution in [0.2, 0.25) is 0 Å². The Labute approximate surface area is 430 Å². The van der Waals surface area contributed by atoms with Gasteiger partial charge in [0, 0.05) is 73.6 Å². The zero-order chi connectivity index (χ0) is 51.7. The standard InChI is InChI=1S/C60H89N3O9/c1-41-16-17-47(31-45-11-8-12-46(30-45)33-57(63-35-41,26-29-71-6)50-14-9-15-51(32-50)62-36-44(4)67)42(2)10-7-13-49(39-72-40-52(68)38-66)53-19-21-59-55-54(43(3)37-65)48(34-58(59,69)24-27-61-5)18-20-56(55,25-28-64)22-23-60(53,59)70/h7-8,10-13,16,18,20,22-23,30,37,44,47-48,50-53,55,61-64,66-70H,2,9,14-15,17,19,21,24-29,31-36,38-40H2,1,3-6H3/b10-7+,41-16+,49-13-,54-43-/t44-,47-,48+,50-,51+,52+,53-,55-,56-,57+,58+,59-,60+/m0/s1. The van der Waals surface area contributed by atoms with Gasteiger partial charge in [-0.25, -0.2) is 0 Å². The molecule has 3 saturated carbocycles. The number of nitrogens with one attached hydrogen (secondary N) is 3. The lowest BCUT2D eigenvalue weighted by Gasteiger charge is -2.68. The molecule has 0 aromatic heterocycles. The van der Waals surface area contributed by atoms with Gasteiger partial charge < -0.3 is 56.1 Å². The first kappa shape index (κ1) is 56.4. The van der Waals surface area contributed by atoms with Crippen LogP contribution in [0.15, 0.2) is 107 Å². The highest BCUT2D eigenvalue weighted by Crippen LogP contribution is 2.75. The van der Waals surface area contributed by atoms with Crippen molar-refractivity contribution in [1.29, 1.82) is 0 Å². The molecule has 1 heterocycles. The minimum Gasteiger partial charge on any atom is -0.396 e. The summed E-state index contributed by atoms with van der Waals surface area (Å²) in [6, 6.07) is 9.41. The van der Waals surface area contributed by atoms with Crippen LogP contribution in [0.4, 0.5) is 0 Å². The summed E-state index contributed by atoms with van der Waals surface area (Å²) < 4.78 is 11.9. The molecule has 1 aliphatic heterocycles. The summed E-state index contributed by atoms with van der Waals surface area (Å²) in [4.78, 5) is 12.7. The monoisotopic (exact) mass is 996 g/mol. The predicted octanol–water partition coefficient (Wildman–Crippen LogP) is 6.17. The number of aliphatic hydroxyl groups is 6. The molecule has 12 heteroatoms. The second-order valence-corrected chi connectivity index (χ2v) is 22.8. The zero-order valence-corrected chi connectivity index (χ0v) is 44.1. The maximum absolute atomic E-state index is 13.7. The molecule has 3 fully saturated rings. The van der Waals surface area contributed by atoms with Crippen LogP contribution in [0.1, 0.15) is 103 Å². The van der Waals surface area contributed by atoms with Gasteiger partial charge in [0.15, 0.2) is 0 Å². The third-order valence-corrected chi connectivity index (χ3v) is 18.2. The van der Waals surface area contributed by atoms with Crippen LogP contribution in [0, 0.1) is 40.4 Å². The van der Waals surface area contributed by atoms with Crippen LogP contribution in [0.5, 0.6) is 0 Å². The SMILES string of the molecule is C=C(/C=C/C=C(/COC[C@H](O)CO)[C@@H]1CC[C@@]23[C@H]4/C(=C(/C)C=O)[C@H](C=C[C@@]4(CCO)C=C[C@@]12O)C[C@]3(O)CCNC)[C@H]1C/C=C(\C)CN[C@@](CCOC)([C@H]2CCC[C@@H](NC[C@H](C)O)C2)Cc2cccc(c2)C1. The number of methoxy groups -OCH3 is 1. The van der Waals surface area contributed by atoms with E-state index in [0.717, 1.165) is 80.9 Å². The molecule has 0 saturated heterocycles. The normalized spacial score (nSPS) is 37.0. The van der Waals surface area contributed by atoms with Gasteiger partial charge in [0.1, 0.15) is 12.4 Å². The molecule has 5 aliphatic carbocycles. The quantitative estimate of drug-likeness (QED) is 0.0279. The highest BCUT2D eigenvalue weighted by Gasteiger charge is 2.77. The van der Waals surface area contributed by atoms with E-state index >= 15 is 0 Å². The van der Waals surface area contributed by atoms with Crippen LogP contribution in [-0.4, -0.2) is 139 Å². The second-order valence-electron chi connectivity index (χ2n) is 22.8. The second kappa shape index (κ2) is 24.5. The Morgan fingerprint density at radius 1 is 1.07 bits per heavy atom. The zero-order valence-electron chi connectivity index (χ0n) is 44.1. The summed E-state index contributed by atoms with van der Waals surface area (Å²) >= 11 is 0. The molecular weight excluding hydrogens is 907 g/mol. The summed E-state index contributed by atoms with van der Waals surface area (Å²) in [5.41, 5.74) is 2.20. The molecule has 13 atom stereocenters. The van der Waals surface area contributed by atoms with Gasteiger partial charge in [-0.15, -0.1) is 0 Å². The number of ether oxygens (including phenoxy) is 2. The highest BCUT2D eigenvalue weighted by atomic mass is 16.5. The van der Waals surface area contributed by atoms with Crippen LogP contribution in [-0.2, 0) is 27.1 Å². The molecule has 4 bridgehead atoms. The van der Waals surface area contributed by atoms with E-state index in [1.54, 1.807) is 7.11 Å². The van der Waals surface area contributed by atoms with Crippen molar-refractivity contribution in [3.05, 3.63) is 118 Å². The smallest absolute Gasteiger partial charge is 0.145 e. The average Bonchev–Trinajstić information content (AvgIpc) is 3.69. The first-order valence-electron chi connectivity index (χ1n) is 27.1. The summed E-state index contributed by atoms with van der Waals surface area (Å²) in [5.74, 6) is -0.618. The van der Waals surface area contributed by atoms with E-state index < -0.39 is 46.6 Å². The van der Waals surface area contributed by atoms with Crippen molar-refractivity contribution in [3.8, 4) is 0 Å². The lowest BCUT2D eigenvalue weighted by atomic mass is 9.37. The Morgan fingerprint density at radius 2 is 1.88 bits per heavy atom. The molecule has 7 rings (SSSR count). The van der Waals surface area contributed by atoms with Crippen molar-refractivity contribution in [1.82, 2.24) is 16.0 Å². The summed E-state index contributed by atoms with van der Waals surface area (Å²) in [6.45, 7) is 12.5. The Hall–Kier alpha value is -3.37. The van der Waals surface area contributed by atoms with Crippen LogP contribution >= 0.6 is 0 Å². The first-order valence-corrected chi connectivity index (χ1v) is 27.1. The van der Waals surface area contributed by atoms with E-state index in [-0.39, 0.29) is 43.3 Å². The number of fused-ring (bicyclic) bond motifs is 3. The molecule has 9 N–H and O–H groups in total. The average molecular weight is 996 g/mol. The number of aldehydes is 1. The minimum atomic E-state index is -1.58. The van der Waals surface area contributed by atoms with Gasteiger partial charge in [-0.2, -0.15) is 0 Å². The molecule has 1 aromatic rings. The maximum Gasteiger partial charge on any atom is 0.145 e. The van der Waals surface area contributed by atoms with Crippen LogP contribution in [0.3, 0.4) is 0 Å². The van der Waals surface area contributed by atoms with Crippen molar-refractivity contribution in [3.63, 3.8) is 0 Å². The number of hydrogen-bond acceptors (Lipinski definition) is 12. The lowest BCUT2D eigenvalue weighted by Crippen LogP contribution is -2.72. The molecule has 6 aliphatic rings. The van der Waals surface area contributed by atoms with E-state index in [1.807, 2.05) is 45.2 Å². The number of aliphatic hydroxyl groups excluding tert-OH is 4. The third-order valence-electron chi connectivity index (χ3n) is 18.2. The first-order chi connectivity index (χ1) is 34.6. The number of allylic oxidation sites excluding steroid dienone is 10. The Morgan fingerprint density at radius 3 is 2.61 bits per heavy atom. The van der Waals surface area contributed by atoms with E-state index in [0.29, 0.717) is 69.3 Å². The van der Waals surface area contributed by atoms with Gasteiger partial charge in [0.25, 0.3) is 0 Å². The van der Waals surface area contributed by atoms with Gasteiger partial charge in [0.2, 0.25) is 0 Å². The highest BCUT2D eigenvalue weighted by molar-refractivity contribution is 5.75. The van der Waals surface area contributed by atoms with Gasteiger partial charge in [0.05, 0.1) is 37.1 Å². The van der Waals surface area contributed by atoms with Gasteiger partial charge >= 0.3 is 0 Å². The number of benzene rings is 1. The molecule has 72 heavy (non-hydrogen) atoms. The lowest BCUT2D eigenvalue weighted by molar-refractivity contribution is -0.233. The van der Waals surface area contributed by atoms with E-state index in [4.69, 9.17) is 9.47 Å². The molecule has 1 spiro atoms. The van der Waals surface area contributed by atoms with Gasteiger partial charge in [-0.1, -0.05) is 103 Å². The summed E-state index contributed by atoms with van der Waals surface area (Å²) in [6.07, 6.45) is 26.0. The van der Waals surface area contributed by atoms with Crippen molar-refractivity contribution >= 4 is 6.29 Å². The minimum absolute atomic E-state index is 0.0711. The van der Waals surface area contributed by atoms with Gasteiger partial charge in [-0.05, 0) is 146 Å². The fourth-order valence-electron chi connectivity index (χ4n) is 14.6. The molecule has 0 radical (unpaired) electrons. The largest absolute Gasteiger partial charge is 0.396 e.